The summed E-state index contributed by atoms with van der Waals surface area (Å²) in [7, 11) is -3.39. The molecular weight excluding hydrogens is 458 g/mol. The van der Waals surface area contributed by atoms with Crippen LogP contribution in [-0.4, -0.2) is 69.6 Å². The van der Waals surface area contributed by atoms with Crippen LogP contribution in [0.25, 0.3) is 16.9 Å². The average molecular weight is 480 g/mol. The van der Waals surface area contributed by atoms with Crippen molar-refractivity contribution in [2.24, 2.45) is 0 Å². The van der Waals surface area contributed by atoms with Gasteiger partial charge in [-0.05, 0) is 24.3 Å². The summed E-state index contributed by atoms with van der Waals surface area (Å²) >= 11 is 0. The van der Waals surface area contributed by atoms with Crippen LogP contribution >= 0.6 is 0 Å². The monoisotopic (exact) mass is 479 g/mol. The highest BCUT2D eigenvalue weighted by molar-refractivity contribution is 7.90. The Morgan fingerprint density at radius 3 is 2.59 bits per heavy atom. The summed E-state index contributed by atoms with van der Waals surface area (Å²) in [6, 6.07) is 6.60. The Hall–Kier alpha value is -3.93. The van der Waals surface area contributed by atoms with E-state index in [0.29, 0.717) is 47.2 Å². The van der Waals surface area contributed by atoms with E-state index in [1.54, 1.807) is 35.3 Å². The maximum Gasteiger partial charge on any atom is 0.245 e. The number of piperidine rings is 1. The Bertz CT molecular complexity index is 1450. The van der Waals surface area contributed by atoms with Gasteiger partial charge in [0.05, 0.1) is 17.4 Å². The quantitative estimate of drug-likeness (QED) is 0.377. The summed E-state index contributed by atoms with van der Waals surface area (Å²) in [5, 5.41) is -0.00312. The summed E-state index contributed by atoms with van der Waals surface area (Å²) in [6.07, 6.45) is 9.46. The lowest BCUT2D eigenvalue weighted by Gasteiger charge is -2.33. The first kappa shape index (κ1) is 21.9. The van der Waals surface area contributed by atoms with Gasteiger partial charge in [-0.25, -0.2) is 28.4 Å². The van der Waals surface area contributed by atoms with Crippen molar-refractivity contribution in [2.45, 2.75) is 24.0 Å². The second kappa shape index (κ2) is 8.78. The van der Waals surface area contributed by atoms with Crippen LogP contribution in [0.15, 0.2) is 54.3 Å². The molecule has 0 unspecified atom stereocenters. The number of hydrogen-bond acceptors (Lipinski definition) is 10. The number of aromatic nitrogens is 6. The molecular formula is C22H21N7O4S. The van der Waals surface area contributed by atoms with Gasteiger partial charge in [-0.15, -0.1) is 0 Å². The average Bonchev–Trinajstić information content (AvgIpc) is 3.29. The van der Waals surface area contributed by atoms with E-state index in [0.717, 1.165) is 25.4 Å². The third-order valence-corrected chi connectivity index (χ3v) is 6.64. The van der Waals surface area contributed by atoms with Crippen molar-refractivity contribution >= 4 is 33.1 Å². The van der Waals surface area contributed by atoms with Crippen LogP contribution in [0.3, 0.4) is 0 Å². The van der Waals surface area contributed by atoms with Crippen LogP contribution in [0.4, 0.5) is 5.82 Å². The largest absolute Gasteiger partial charge is 0.473 e. The van der Waals surface area contributed by atoms with E-state index in [9.17, 15) is 13.2 Å². The summed E-state index contributed by atoms with van der Waals surface area (Å²) in [5.41, 5.74) is 2.23. The number of carbonyl (C=O) groups excluding carboxylic acids is 1. The van der Waals surface area contributed by atoms with Crippen molar-refractivity contribution in [1.82, 2.24) is 29.5 Å². The molecule has 34 heavy (non-hydrogen) atoms. The van der Waals surface area contributed by atoms with Crippen LogP contribution in [0.2, 0.25) is 0 Å². The lowest BCUT2D eigenvalue weighted by molar-refractivity contribution is 0.112. The van der Waals surface area contributed by atoms with E-state index < -0.39 is 9.84 Å². The summed E-state index contributed by atoms with van der Waals surface area (Å²) in [5.74, 6) is 1.07. The first-order valence-corrected chi connectivity index (χ1v) is 12.5. The first-order chi connectivity index (χ1) is 16.4. The fourth-order valence-electron chi connectivity index (χ4n) is 3.93. The summed E-state index contributed by atoms with van der Waals surface area (Å²) in [4.78, 5) is 34.8. The van der Waals surface area contributed by atoms with Crippen LogP contribution in [-0.2, 0) is 9.84 Å². The van der Waals surface area contributed by atoms with E-state index in [-0.39, 0.29) is 11.1 Å². The number of rotatable bonds is 6. The van der Waals surface area contributed by atoms with Crippen LogP contribution in [0.1, 0.15) is 23.2 Å². The predicted octanol–water partition coefficient (Wildman–Crippen LogP) is 1.87. The van der Waals surface area contributed by atoms with Gasteiger partial charge in [-0.2, -0.15) is 4.98 Å². The van der Waals surface area contributed by atoms with Crippen molar-refractivity contribution < 1.29 is 17.9 Å². The molecule has 1 aliphatic rings. The van der Waals surface area contributed by atoms with E-state index >= 15 is 0 Å². The van der Waals surface area contributed by atoms with E-state index in [4.69, 9.17) is 4.74 Å². The van der Waals surface area contributed by atoms with Crippen LogP contribution in [0, 0.1) is 0 Å². The van der Waals surface area contributed by atoms with Gasteiger partial charge in [-0.3, -0.25) is 9.36 Å². The molecule has 0 bridgehead atoms. The maximum atomic E-state index is 11.7. The maximum absolute atomic E-state index is 11.7. The second-order valence-corrected chi connectivity index (χ2v) is 9.89. The predicted molar refractivity (Wildman–Crippen MR) is 123 cm³/mol. The number of fused-ring (bicyclic) bond motifs is 1. The Morgan fingerprint density at radius 2 is 1.88 bits per heavy atom. The molecule has 0 atom stereocenters. The van der Waals surface area contributed by atoms with Gasteiger partial charge < -0.3 is 9.64 Å². The van der Waals surface area contributed by atoms with E-state index in [1.165, 1.54) is 18.6 Å². The van der Waals surface area contributed by atoms with Crippen molar-refractivity contribution in [2.75, 3.05) is 24.2 Å². The molecule has 11 nitrogen and oxygen atoms in total. The molecule has 4 aromatic rings. The molecule has 1 saturated heterocycles. The summed E-state index contributed by atoms with van der Waals surface area (Å²) < 4.78 is 31.2. The molecule has 0 aromatic carbocycles. The van der Waals surface area contributed by atoms with Gasteiger partial charge in [0.2, 0.25) is 5.88 Å². The Morgan fingerprint density at radius 1 is 1.06 bits per heavy atom. The molecule has 5 rings (SSSR count). The minimum Gasteiger partial charge on any atom is -0.473 e. The lowest BCUT2D eigenvalue weighted by Crippen LogP contribution is -2.39. The zero-order valence-corrected chi connectivity index (χ0v) is 19.1. The SMILES string of the molecule is CS(=O)(=O)c1ccc(-n2cnc3c(OC4CCN(c5ncccc5C=O)CC4)ncnc32)cn1. The van der Waals surface area contributed by atoms with Gasteiger partial charge in [0, 0.05) is 38.4 Å². The number of hydrogen-bond donors (Lipinski definition) is 0. The van der Waals surface area contributed by atoms with Gasteiger partial charge >= 0.3 is 0 Å². The molecule has 1 aliphatic heterocycles. The van der Waals surface area contributed by atoms with Gasteiger partial charge in [-0.1, -0.05) is 0 Å². The van der Waals surface area contributed by atoms with Crippen molar-refractivity contribution in [1.29, 1.82) is 0 Å². The molecule has 0 saturated carbocycles. The van der Waals surface area contributed by atoms with Crippen molar-refractivity contribution in [3.63, 3.8) is 0 Å². The molecule has 0 aliphatic carbocycles. The minimum absolute atomic E-state index is 0.00312. The highest BCUT2D eigenvalue weighted by atomic mass is 32.2. The number of sulfone groups is 1. The zero-order valence-electron chi connectivity index (χ0n) is 18.3. The molecule has 0 N–H and O–H groups in total. The van der Waals surface area contributed by atoms with Crippen molar-refractivity contribution in [3.05, 3.63) is 54.9 Å². The first-order valence-electron chi connectivity index (χ1n) is 10.6. The fourth-order valence-corrected chi connectivity index (χ4v) is 4.49. The van der Waals surface area contributed by atoms with Crippen LogP contribution < -0.4 is 9.64 Å². The zero-order chi connectivity index (χ0) is 23.7. The Kier molecular flexibility index (Phi) is 5.65. The van der Waals surface area contributed by atoms with Crippen molar-refractivity contribution in [3.8, 4) is 11.6 Å². The Labute approximate surface area is 195 Å². The smallest absolute Gasteiger partial charge is 0.245 e. The molecule has 174 valence electrons. The number of carbonyl (C=O) groups is 1. The fraction of sp³-hybridized carbons (Fsp3) is 0.273. The van der Waals surface area contributed by atoms with Gasteiger partial charge in [0.25, 0.3) is 0 Å². The Balaban J connectivity index is 1.33. The molecule has 4 aromatic heterocycles. The van der Waals surface area contributed by atoms with E-state index in [1.807, 2.05) is 0 Å². The number of nitrogens with zero attached hydrogens (tertiary/aromatic N) is 7. The highest BCUT2D eigenvalue weighted by Crippen LogP contribution is 2.27. The number of aldehydes is 1. The molecule has 0 amide bonds. The molecule has 0 radical (unpaired) electrons. The third kappa shape index (κ3) is 4.19. The number of imidazole rings is 1. The van der Waals surface area contributed by atoms with Gasteiger partial charge in [0.15, 0.2) is 32.3 Å². The standard InChI is InChI=1S/C22H21N7O4S/c1-34(31,32)18-5-4-16(11-24-18)29-14-27-19-21(29)25-13-26-22(19)33-17-6-9-28(10-7-17)20-15(12-30)3-2-8-23-20/h2-5,8,11-14,17H,6-7,9-10H2,1H3. The van der Waals surface area contributed by atoms with Gasteiger partial charge in [0.1, 0.15) is 24.6 Å². The van der Waals surface area contributed by atoms with E-state index in [2.05, 4.69) is 29.8 Å². The lowest BCUT2D eigenvalue weighted by atomic mass is 10.1. The number of pyridine rings is 2. The molecule has 0 spiro atoms. The number of anilines is 1. The molecule has 12 heteroatoms. The highest BCUT2D eigenvalue weighted by Gasteiger charge is 2.25. The second-order valence-electron chi connectivity index (χ2n) is 7.93. The molecule has 5 heterocycles. The van der Waals surface area contributed by atoms with Crippen LogP contribution in [0.5, 0.6) is 5.88 Å². The number of ether oxygens (including phenoxy) is 1. The summed E-state index contributed by atoms with van der Waals surface area (Å²) in [6.45, 7) is 1.40. The normalized spacial score (nSPS) is 14.9. The molecule has 1 fully saturated rings. The third-order valence-electron chi connectivity index (χ3n) is 5.64. The minimum atomic E-state index is -3.39. The topological polar surface area (TPSA) is 133 Å².